The van der Waals surface area contributed by atoms with Crippen LogP contribution in [0.5, 0.6) is 0 Å². The number of nitrogens with zero attached hydrogens (tertiary/aromatic N) is 2. The highest BCUT2D eigenvalue weighted by Crippen LogP contribution is 2.31. The fraction of sp³-hybridized carbons (Fsp3) is 0. The van der Waals surface area contributed by atoms with Gasteiger partial charge in [-0.05, 0) is 23.3 Å². The molecule has 0 spiro atoms. The highest BCUT2D eigenvalue weighted by Gasteiger charge is 2.22. The number of amides is 1. The molecule has 0 fully saturated rings. The fourth-order valence-electron chi connectivity index (χ4n) is 3.13. The van der Waals surface area contributed by atoms with Crippen LogP contribution in [0.4, 0.5) is 0 Å². The molecule has 0 saturated carbocycles. The normalized spacial score (nSPS) is 10.9. The zero-order chi connectivity index (χ0) is 21.6. The SMILES string of the molecule is O=C(NN=Cc1ccc(Cl)cc1)c1c(-c2ccccc2)c(-c2ccccc2)n[nH]c1=O. The summed E-state index contributed by atoms with van der Waals surface area (Å²) in [6.07, 6.45) is 1.48. The van der Waals surface area contributed by atoms with Gasteiger partial charge in [0.1, 0.15) is 5.56 Å². The third-order valence-electron chi connectivity index (χ3n) is 4.57. The van der Waals surface area contributed by atoms with E-state index in [1.165, 1.54) is 6.21 Å². The minimum Gasteiger partial charge on any atom is -0.267 e. The quantitative estimate of drug-likeness (QED) is 0.362. The van der Waals surface area contributed by atoms with Gasteiger partial charge in [-0.2, -0.15) is 10.2 Å². The number of aromatic nitrogens is 2. The summed E-state index contributed by atoms with van der Waals surface area (Å²) in [5.41, 5.74) is 4.94. The van der Waals surface area contributed by atoms with E-state index >= 15 is 0 Å². The highest BCUT2D eigenvalue weighted by atomic mass is 35.5. The standard InChI is InChI=1S/C24H17ClN4O2/c25-19-13-11-16(12-14-19)15-26-28-23(30)21-20(17-7-3-1-4-8-17)22(27-29-24(21)31)18-9-5-2-6-10-18/h1-15H,(H,28,30)(H,29,31). The number of hydrazone groups is 1. The Morgan fingerprint density at radius 1 is 0.903 bits per heavy atom. The smallest absolute Gasteiger partial charge is 0.267 e. The van der Waals surface area contributed by atoms with Crippen LogP contribution in [-0.2, 0) is 0 Å². The number of benzene rings is 3. The van der Waals surface area contributed by atoms with Crippen molar-refractivity contribution in [1.29, 1.82) is 0 Å². The molecule has 0 radical (unpaired) electrons. The van der Waals surface area contributed by atoms with Crippen LogP contribution in [0.1, 0.15) is 15.9 Å². The Hall–Kier alpha value is -4.03. The topological polar surface area (TPSA) is 87.2 Å². The lowest BCUT2D eigenvalue weighted by molar-refractivity contribution is 0.0954. The summed E-state index contributed by atoms with van der Waals surface area (Å²) in [6.45, 7) is 0. The van der Waals surface area contributed by atoms with E-state index in [-0.39, 0.29) is 5.56 Å². The molecule has 0 unspecified atom stereocenters. The van der Waals surface area contributed by atoms with E-state index in [4.69, 9.17) is 11.6 Å². The molecule has 0 saturated heterocycles. The summed E-state index contributed by atoms with van der Waals surface area (Å²) in [5, 5.41) is 11.3. The molecule has 1 aromatic heterocycles. The molecule has 0 aliphatic rings. The van der Waals surface area contributed by atoms with Crippen LogP contribution in [0.25, 0.3) is 22.4 Å². The third-order valence-corrected chi connectivity index (χ3v) is 4.82. The van der Waals surface area contributed by atoms with Gasteiger partial charge in [0.25, 0.3) is 11.5 Å². The zero-order valence-electron chi connectivity index (χ0n) is 16.2. The van der Waals surface area contributed by atoms with Crippen molar-refractivity contribution in [2.75, 3.05) is 0 Å². The van der Waals surface area contributed by atoms with E-state index < -0.39 is 11.5 Å². The number of hydrogen-bond acceptors (Lipinski definition) is 4. The molecule has 4 aromatic rings. The molecule has 3 aromatic carbocycles. The van der Waals surface area contributed by atoms with Crippen LogP contribution in [0.2, 0.25) is 5.02 Å². The molecular formula is C24H17ClN4O2. The van der Waals surface area contributed by atoms with Gasteiger partial charge >= 0.3 is 0 Å². The van der Waals surface area contributed by atoms with Crippen molar-refractivity contribution in [1.82, 2.24) is 15.6 Å². The summed E-state index contributed by atoms with van der Waals surface area (Å²) in [5.74, 6) is -0.634. The van der Waals surface area contributed by atoms with Gasteiger partial charge in [0.15, 0.2) is 0 Å². The molecule has 2 N–H and O–H groups in total. The number of aromatic amines is 1. The first-order valence-electron chi connectivity index (χ1n) is 9.46. The summed E-state index contributed by atoms with van der Waals surface area (Å²) >= 11 is 5.88. The number of carbonyl (C=O) groups excluding carboxylic acids is 1. The molecule has 0 aliphatic heterocycles. The van der Waals surface area contributed by atoms with E-state index in [0.717, 1.165) is 11.1 Å². The van der Waals surface area contributed by atoms with Crippen LogP contribution in [0.3, 0.4) is 0 Å². The van der Waals surface area contributed by atoms with Gasteiger partial charge in [-0.1, -0.05) is 84.4 Å². The highest BCUT2D eigenvalue weighted by molar-refractivity contribution is 6.30. The first kappa shape index (κ1) is 20.3. The predicted molar refractivity (Wildman–Crippen MR) is 122 cm³/mol. The molecule has 7 heteroatoms. The second-order valence-corrected chi connectivity index (χ2v) is 7.07. The summed E-state index contributed by atoms with van der Waals surface area (Å²) in [7, 11) is 0. The Bertz CT molecular complexity index is 1280. The molecule has 0 atom stereocenters. The number of rotatable bonds is 5. The number of hydrogen-bond donors (Lipinski definition) is 2. The Morgan fingerprint density at radius 3 is 2.16 bits per heavy atom. The summed E-state index contributed by atoms with van der Waals surface area (Å²) in [6, 6.07) is 25.5. The van der Waals surface area contributed by atoms with Crippen molar-refractivity contribution < 1.29 is 4.79 Å². The maximum absolute atomic E-state index is 13.0. The van der Waals surface area contributed by atoms with Crippen LogP contribution in [0, 0.1) is 0 Å². The Kier molecular flexibility index (Phi) is 6.01. The first-order valence-corrected chi connectivity index (χ1v) is 9.84. The largest absolute Gasteiger partial charge is 0.277 e. The minimum absolute atomic E-state index is 0.0618. The number of nitrogens with one attached hydrogen (secondary N) is 2. The summed E-state index contributed by atoms with van der Waals surface area (Å²) in [4.78, 5) is 25.7. The first-order chi connectivity index (χ1) is 15.1. The maximum atomic E-state index is 13.0. The molecule has 6 nitrogen and oxygen atoms in total. The minimum atomic E-state index is -0.634. The van der Waals surface area contributed by atoms with Gasteiger partial charge in [0.05, 0.1) is 11.9 Å². The van der Waals surface area contributed by atoms with Crippen LogP contribution < -0.4 is 11.0 Å². The van der Waals surface area contributed by atoms with Crippen molar-refractivity contribution in [2.45, 2.75) is 0 Å². The van der Waals surface area contributed by atoms with Crippen molar-refractivity contribution in [3.8, 4) is 22.4 Å². The van der Waals surface area contributed by atoms with Crippen molar-refractivity contribution in [3.63, 3.8) is 0 Å². The molecule has 4 rings (SSSR count). The van der Waals surface area contributed by atoms with E-state index in [1.807, 2.05) is 60.7 Å². The second kappa shape index (κ2) is 9.19. The molecule has 1 amide bonds. The third kappa shape index (κ3) is 4.60. The fourth-order valence-corrected chi connectivity index (χ4v) is 3.25. The van der Waals surface area contributed by atoms with Gasteiger partial charge in [0.2, 0.25) is 0 Å². The van der Waals surface area contributed by atoms with Crippen molar-refractivity contribution >= 4 is 23.7 Å². The lowest BCUT2D eigenvalue weighted by Crippen LogP contribution is -2.28. The molecule has 0 bridgehead atoms. The Balaban J connectivity index is 1.76. The maximum Gasteiger partial charge on any atom is 0.277 e. The van der Waals surface area contributed by atoms with E-state index in [2.05, 4.69) is 20.7 Å². The van der Waals surface area contributed by atoms with Gasteiger partial charge in [-0.25, -0.2) is 10.5 Å². The molecule has 31 heavy (non-hydrogen) atoms. The van der Waals surface area contributed by atoms with Gasteiger partial charge < -0.3 is 0 Å². The number of halogens is 1. The zero-order valence-corrected chi connectivity index (χ0v) is 17.0. The number of H-pyrrole nitrogens is 1. The van der Waals surface area contributed by atoms with E-state index in [0.29, 0.717) is 21.8 Å². The monoisotopic (exact) mass is 428 g/mol. The molecule has 152 valence electrons. The predicted octanol–water partition coefficient (Wildman–Crippen LogP) is 4.52. The van der Waals surface area contributed by atoms with Gasteiger partial charge in [-0.3, -0.25) is 9.59 Å². The Labute approximate surface area is 183 Å². The van der Waals surface area contributed by atoms with Crippen molar-refractivity contribution in [3.05, 3.63) is 111 Å². The van der Waals surface area contributed by atoms with Gasteiger partial charge in [0, 0.05) is 16.1 Å². The second-order valence-electron chi connectivity index (χ2n) is 6.63. The molecule has 1 heterocycles. The van der Waals surface area contributed by atoms with Crippen LogP contribution in [-0.4, -0.2) is 22.3 Å². The van der Waals surface area contributed by atoms with E-state index in [1.54, 1.807) is 24.3 Å². The Morgan fingerprint density at radius 2 is 1.52 bits per heavy atom. The summed E-state index contributed by atoms with van der Waals surface area (Å²) < 4.78 is 0. The molecule has 0 aliphatic carbocycles. The van der Waals surface area contributed by atoms with Crippen molar-refractivity contribution in [2.24, 2.45) is 5.10 Å². The average molecular weight is 429 g/mol. The lowest BCUT2D eigenvalue weighted by Gasteiger charge is -2.12. The van der Waals surface area contributed by atoms with Gasteiger partial charge in [-0.15, -0.1) is 0 Å². The van der Waals surface area contributed by atoms with Crippen LogP contribution in [0.15, 0.2) is 94.8 Å². The van der Waals surface area contributed by atoms with Crippen LogP contribution >= 0.6 is 11.6 Å². The average Bonchev–Trinajstić information content (AvgIpc) is 2.81. The van der Waals surface area contributed by atoms with E-state index in [9.17, 15) is 9.59 Å². The number of carbonyl (C=O) groups is 1. The molecular weight excluding hydrogens is 412 g/mol. The lowest BCUT2D eigenvalue weighted by atomic mass is 9.95.